The van der Waals surface area contributed by atoms with E-state index in [0.717, 1.165) is 43.4 Å². The number of hydrogen-bond donors (Lipinski definition) is 3. The highest BCUT2D eigenvalue weighted by Crippen LogP contribution is 2.55. The summed E-state index contributed by atoms with van der Waals surface area (Å²) in [4.78, 5) is 0. The number of hydrogen-bond acceptors (Lipinski definition) is 3. The maximum absolute atomic E-state index is 11.3. The monoisotopic (exact) mass is 502 g/mol. The predicted octanol–water partition coefficient (Wildman–Crippen LogP) is 7.36. The van der Waals surface area contributed by atoms with Crippen molar-refractivity contribution >= 4 is 0 Å². The summed E-state index contributed by atoms with van der Waals surface area (Å²) in [6.07, 6.45) is 22.0. The first kappa shape index (κ1) is 27.4. The Morgan fingerprint density at radius 2 is 0.917 bits per heavy atom. The van der Waals surface area contributed by atoms with E-state index in [1.165, 1.54) is 89.9 Å². The largest absolute Gasteiger partial charge is 0.393 e. The van der Waals surface area contributed by atoms with E-state index >= 15 is 0 Å². The highest BCUT2D eigenvalue weighted by molar-refractivity contribution is 4.99. The third-order valence-corrected chi connectivity index (χ3v) is 12.6. The standard InChI is InChI=1S/C33H58O3/c1-21-17-31(35)29(23-9-5-3-6-10-23)19-27(21)33(25-13-15-26(34)16-14-25)28-20-30(32(36)18-22(28)2)24-11-7-4-8-12-24/h21-36H,3-20H2,1-2H3. The minimum Gasteiger partial charge on any atom is -0.393 e. The van der Waals surface area contributed by atoms with Crippen LogP contribution in [0.1, 0.15) is 129 Å². The molecular formula is C33H58O3. The highest BCUT2D eigenvalue weighted by atomic mass is 16.3. The van der Waals surface area contributed by atoms with Crippen LogP contribution in [0.3, 0.4) is 0 Å². The quantitative estimate of drug-likeness (QED) is 0.368. The summed E-state index contributed by atoms with van der Waals surface area (Å²) in [6.45, 7) is 4.91. The van der Waals surface area contributed by atoms with Gasteiger partial charge in [-0.2, -0.15) is 0 Å². The van der Waals surface area contributed by atoms with Crippen LogP contribution < -0.4 is 0 Å². The maximum Gasteiger partial charge on any atom is 0.0573 e. The smallest absolute Gasteiger partial charge is 0.0573 e. The molecule has 36 heavy (non-hydrogen) atoms. The molecule has 5 fully saturated rings. The van der Waals surface area contributed by atoms with Crippen LogP contribution in [0.25, 0.3) is 0 Å². The molecule has 0 spiro atoms. The van der Waals surface area contributed by atoms with Gasteiger partial charge in [0, 0.05) is 0 Å². The van der Waals surface area contributed by atoms with Gasteiger partial charge < -0.3 is 15.3 Å². The van der Waals surface area contributed by atoms with Gasteiger partial charge in [0.2, 0.25) is 0 Å². The van der Waals surface area contributed by atoms with E-state index in [1.807, 2.05) is 0 Å². The molecule has 0 heterocycles. The summed E-state index contributed by atoms with van der Waals surface area (Å²) in [6, 6.07) is 0. The van der Waals surface area contributed by atoms with Gasteiger partial charge in [0.1, 0.15) is 0 Å². The van der Waals surface area contributed by atoms with Crippen molar-refractivity contribution in [3.05, 3.63) is 0 Å². The van der Waals surface area contributed by atoms with E-state index in [4.69, 9.17) is 0 Å². The molecule has 0 aromatic heterocycles. The predicted molar refractivity (Wildman–Crippen MR) is 147 cm³/mol. The van der Waals surface area contributed by atoms with Crippen LogP contribution in [0.2, 0.25) is 0 Å². The van der Waals surface area contributed by atoms with Crippen molar-refractivity contribution in [2.24, 2.45) is 59.2 Å². The van der Waals surface area contributed by atoms with Crippen molar-refractivity contribution in [2.45, 2.75) is 148 Å². The Kier molecular flexibility index (Phi) is 9.43. The van der Waals surface area contributed by atoms with E-state index in [2.05, 4.69) is 13.8 Å². The fourth-order valence-electron chi connectivity index (χ4n) is 10.6. The van der Waals surface area contributed by atoms with E-state index in [1.54, 1.807) is 0 Å². The minimum absolute atomic E-state index is 0.0944. The Morgan fingerprint density at radius 1 is 0.500 bits per heavy atom. The van der Waals surface area contributed by atoms with Gasteiger partial charge in [-0.3, -0.25) is 0 Å². The van der Waals surface area contributed by atoms with Gasteiger partial charge >= 0.3 is 0 Å². The van der Waals surface area contributed by atoms with E-state index in [9.17, 15) is 15.3 Å². The molecule has 3 nitrogen and oxygen atoms in total. The lowest BCUT2D eigenvalue weighted by Gasteiger charge is -2.53. The average Bonchev–Trinajstić information content (AvgIpc) is 2.88. The molecule has 5 saturated carbocycles. The molecule has 0 aromatic rings. The molecule has 0 bridgehead atoms. The van der Waals surface area contributed by atoms with Crippen LogP contribution in [-0.4, -0.2) is 33.6 Å². The van der Waals surface area contributed by atoms with Crippen molar-refractivity contribution in [3.8, 4) is 0 Å². The van der Waals surface area contributed by atoms with Gasteiger partial charge in [0.15, 0.2) is 0 Å². The zero-order valence-electron chi connectivity index (χ0n) is 23.6. The molecule has 0 amide bonds. The second-order valence-corrected chi connectivity index (χ2v) is 14.6. The lowest BCUT2D eigenvalue weighted by molar-refractivity contribution is -0.0902. The molecule has 208 valence electrons. The normalized spacial score (nSPS) is 46.9. The van der Waals surface area contributed by atoms with Crippen molar-refractivity contribution < 1.29 is 15.3 Å². The zero-order valence-corrected chi connectivity index (χ0v) is 23.6. The second kappa shape index (κ2) is 12.4. The molecule has 5 aliphatic carbocycles. The Morgan fingerprint density at radius 3 is 1.33 bits per heavy atom. The lowest BCUT2D eigenvalue weighted by atomic mass is 9.53. The molecule has 0 radical (unpaired) electrons. The first-order valence-corrected chi connectivity index (χ1v) is 16.5. The fourth-order valence-corrected chi connectivity index (χ4v) is 10.6. The molecule has 0 saturated heterocycles. The molecule has 5 aliphatic rings. The molecule has 0 aliphatic heterocycles. The van der Waals surface area contributed by atoms with Crippen molar-refractivity contribution in [3.63, 3.8) is 0 Å². The molecule has 3 heteroatoms. The minimum atomic E-state index is -0.103. The zero-order chi connectivity index (χ0) is 25.2. The summed E-state index contributed by atoms with van der Waals surface area (Å²) in [7, 11) is 0. The van der Waals surface area contributed by atoms with Gasteiger partial charge in [-0.1, -0.05) is 78.1 Å². The topological polar surface area (TPSA) is 60.7 Å². The average molecular weight is 503 g/mol. The summed E-state index contributed by atoms with van der Waals surface area (Å²) >= 11 is 0. The van der Waals surface area contributed by atoms with Crippen molar-refractivity contribution in [1.82, 2.24) is 0 Å². The molecule has 8 atom stereocenters. The number of rotatable bonds is 5. The van der Waals surface area contributed by atoms with Gasteiger partial charge in [0.05, 0.1) is 18.3 Å². The summed E-state index contributed by atoms with van der Waals surface area (Å²) in [5.41, 5.74) is 0. The molecule has 5 rings (SSSR count). The van der Waals surface area contributed by atoms with E-state index < -0.39 is 0 Å². The van der Waals surface area contributed by atoms with Crippen LogP contribution >= 0.6 is 0 Å². The Labute approximate surface area is 222 Å². The third-order valence-electron chi connectivity index (χ3n) is 12.6. The van der Waals surface area contributed by atoms with E-state index in [0.29, 0.717) is 41.4 Å². The number of aliphatic hydroxyl groups is 3. The number of aliphatic hydroxyl groups excluding tert-OH is 3. The van der Waals surface area contributed by atoms with Crippen molar-refractivity contribution in [2.75, 3.05) is 0 Å². The van der Waals surface area contributed by atoms with Gasteiger partial charge in [0.25, 0.3) is 0 Å². The van der Waals surface area contributed by atoms with Crippen LogP contribution in [-0.2, 0) is 0 Å². The molecular weight excluding hydrogens is 444 g/mol. The second-order valence-electron chi connectivity index (χ2n) is 14.6. The van der Waals surface area contributed by atoms with Crippen LogP contribution in [0, 0.1) is 59.2 Å². The van der Waals surface area contributed by atoms with Crippen LogP contribution in [0.15, 0.2) is 0 Å². The molecule has 3 N–H and O–H groups in total. The third kappa shape index (κ3) is 6.04. The molecule has 8 unspecified atom stereocenters. The van der Waals surface area contributed by atoms with Gasteiger partial charge in [-0.15, -0.1) is 0 Å². The first-order valence-electron chi connectivity index (χ1n) is 16.5. The Bertz CT molecular complexity index is 614. The SMILES string of the molecule is CC1CC(O)C(C2CCCCC2)CC1C(C1CCC(O)CC1)C1CC(C2CCCCC2)C(O)CC1C. The maximum atomic E-state index is 11.3. The van der Waals surface area contributed by atoms with E-state index in [-0.39, 0.29) is 18.3 Å². The summed E-state index contributed by atoms with van der Waals surface area (Å²) in [5, 5.41) is 32.9. The van der Waals surface area contributed by atoms with Gasteiger partial charge in [-0.05, 0) is 111 Å². The van der Waals surface area contributed by atoms with Crippen molar-refractivity contribution in [1.29, 1.82) is 0 Å². The van der Waals surface area contributed by atoms with Crippen LogP contribution in [0.4, 0.5) is 0 Å². The highest BCUT2D eigenvalue weighted by Gasteiger charge is 2.49. The fraction of sp³-hybridized carbons (Fsp3) is 1.00. The molecule has 0 aromatic carbocycles. The summed E-state index contributed by atoms with van der Waals surface area (Å²) in [5.74, 6) is 6.48. The first-order chi connectivity index (χ1) is 17.4. The van der Waals surface area contributed by atoms with Crippen LogP contribution in [0.5, 0.6) is 0 Å². The Balaban J connectivity index is 1.40. The summed E-state index contributed by atoms with van der Waals surface area (Å²) < 4.78 is 0. The lowest BCUT2D eigenvalue weighted by Crippen LogP contribution is -2.49. The van der Waals surface area contributed by atoms with Gasteiger partial charge in [-0.25, -0.2) is 0 Å². The Hall–Kier alpha value is -0.120.